The Balaban J connectivity index is 1.73. The molecule has 2 N–H and O–H groups in total. The molecule has 0 fully saturated rings. The van der Waals surface area contributed by atoms with Crippen LogP contribution < -0.4 is 5.32 Å². The Morgan fingerprint density at radius 1 is 1.15 bits per heavy atom. The van der Waals surface area contributed by atoms with Gasteiger partial charge < -0.3 is 10.4 Å². The summed E-state index contributed by atoms with van der Waals surface area (Å²) in [5.41, 5.74) is 3.37. The zero-order valence-electron chi connectivity index (χ0n) is 13.9. The number of hydrogen-bond acceptors (Lipinski definition) is 4. The number of rotatable bonds is 3. The molecular weight excluding hydrogens is 396 g/mol. The molecule has 1 aliphatic rings. The van der Waals surface area contributed by atoms with Gasteiger partial charge in [-0.3, -0.25) is 4.79 Å². The summed E-state index contributed by atoms with van der Waals surface area (Å²) >= 11 is 3.44. The molecule has 1 amide bonds. The first-order chi connectivity index (χ1) is 12.6. The number of aromatic nitrogens is 3. The van der Waals surface area contributed by atoms with Crippen molar-refractivity contribution in [3.63, 3.8) is 0 Å². The van der Waals surface area contributed by atoms with Crippen LogP contribution in [0.15, 0.2) is 47.1 Å². The molecule has 0 spiro atoms. The number of anilines is 1. The van der Waals surface area contributed by atoms with E-state index in [4.69, 9.17) is 0 Å². The van der Waals surface area contributed by atoms with Crippen LogP contribution in [0.5, 0.6) is 5.75 Å². The minimum atomic E-state index is -0.354. The maximum Gasteiger partial charge on any atom is 0.277 e. The lowest BCUT2D eigenvalue weighted by molar-refractivity contribution is 0.102. The Morgan fingerprint density at radius 2 is 1.92 bits per heavy atom. The number of amides is 1. The number of aromatic hydroxyl groups is 1. The molecule has 7 heteroatoms. The summed E-state index contributed by atoms with van der Waals surface area (Å²) in [4.78, 5) is 16.8. The normalized spacial score (nSPS) is 13.3. The number of hydrogen-bond donors (Lipinski definition) is 2. The first-order valence-electron chi connectivity index (χ1n) is 8.45. The van der Waals surface area contributed by atoms with Crippen LogP contribution >= 0.6 is 15.9 Å². The molecule has 2 heterocycles. The summed E-state index contributed by atoms with van der Waals surface area (Å²) in [5.74, 6) is -0.282. The van der Waals surface area contributed by atoms with Gasteiger partial charge in [-0.15, -0.1) is 0 Å². The Hall–Kier alpha value is -2.67. The quantitative estimate of drug-likeness (QED) is 0.684. The van der Waals surface area contributed by atoms with Gasteiger partial charge in [-0.1, -0.05) is 15.9 Å². The maximum atomic E-state index is 12.8. The second-order valence-corrected chi connectivity index (χ2v) is 7.11. The second kappa shape index (κ2) is 6.92. The first-order valence-corrected chi connectivity index (χ1v) is 9.25. The molecule has 0 bridgehead atoms. The summed E-state index contributed by atoms with van der Waals surface area (Å²) in [6.07, 6.45) is 5.35. The van der Waals surface area contributed by atoms with Crippen molar-refractivity contribution >= 4 is 27.7 Å². The van der Waals surface area contributed by atoms with Crippen molar-refractivity contribution in [2.45, 2.75) is 25.7 Å². The predicted octanol–water partition coefficient (Wildman–Crippen LogP) is 3.87. The number of fused-ring (bicyclic) bond motifs is 1. The molecule has 0 aliphatic heterocycles. The lowest BCUT2D eigenvalue weighted by Crippen LogP contribution is -2.16. The minimum absolute atomic E-state index is 0.0675. The lowest BCUT2D eigenvalue weighted by Gasteiger charge is -2.14. The van der Waals surface area contributed by atoms with Crippen LogP contribution in [0.25, 0.3) is 5.69 Å². The molecule has 0 unspecified atom stereocenters. The van der Waals surface area contributed by atoms with Crippen molar-refractivity contribution < 1.29 is 9.90 Å². The van der Waals surface area contributed by atoms with Crippen molar-refractivity contribution in [3.8, 4) is 11.4 Å². The number of carbonyl (C=O) groups is 1. The van der Waals surface area contributed by atoms with E-state index in [2.05, 4.69) is 31.3 Å². The third kappa shape index (κ3) is 3.10. The van der Waals surface area contributed by atoms with Gasteiger partial charge >= 0.3 is 0 Å². The summed E-state index contributed by atoms with van der Waals surface area (Å²) in [7, 11) is 0. The fourth-order valence-electron chi connectivity index (χ4n) is 3.24. The molecule has 0 saturated carbocycles. The third-order valence-electron chi connectivity index (χ3n) is 4.48. The second-order valence-electron chi connectivity index (χ2n) is 6.19. The Labute approximate surface area is 159 Å². The minimum Gasteiger partial charge on any atom is -0.504 e. The molecule has 1 aromatic carbocycles. The van der Waals surface area contributed by atoms with Crippen LogP contribution in [0.2, 0.25) is 0 Å². The Morgan fingerprint density at radius 3 is 2.69 bits per heavy atom. The van der Waals surface area contributed by atoms with E-state index < -0.39 is 0 Å². The predicted molar refractivity (Wildman–Crippen MR) is 102 cm³/mol. The molecule has 0 radical (unpaired) electrons. The van der Waals surface area contributed by atoms with Crippen molar-refractivity contribution in [2.75, 3.05) is 5.32 Å². The van der Waals surface area contributed by atoms with E-state index in [-0.39, 0.29) is 17.5 Å². The highest BCUT2D eigenvalue weighted by molar-refractivity contribution is 9.10. The van der Waals surface area contributed by atoms with Crippen LogP contribution in [0.1, 0.15) is 34.6 Å². The highest BCUT2D eigenvalue weighted by Gasteiger charge is 2.26. The summed E-state index contributed by atoms with van der Waals surface area (Å²) in [6, 6.07) is 10.9. The van der Waals surface area contributed by atoms with Crippen LogP contribution in [0.3, 0.4) is 0 Å². The van der Waals surface area contributed by atoms with Gasteiger partial charge in [0.05, 0.1) is 5.69 Å². The number of nitrogens with one attached hydrogen (secondary N) is 1. The third-order valence-corrected chi connectivity index (χ3v) is 5.01. The van der Waals surface area contributed by atoms with Crippen LogP contribution in [-0.4, -0.2) is 25.8 Å². The fraction of sp³-hybridized carbons (Fsp3) is 0.211. The summed E-state index contributed by atoms with van der Waals surface area (Å²) in [6.45, 7) is 0. The zero-order chi connectivity index (χ0) is 18.1. The van der Waals surface area contributed by atoms with E-state index in [1.807, 2.05) is 28.9 Å². The highest BCUT2D eigenvalue weighted by atomic mass is 79.9. The topological polar surface area (TPSA) is 80.0 Å². The lowest BCUT2D eigenvalue weighted by atomic mass is 9.95. The van der Waals surface area contributed by atoms with Gasteiger partial charge in [-0.25, -0.2) is 9.67 Å². The molecule has 1 aliphatic carbocycles. The van der Waals surface area contributed by atoms with Gasteiger partial charge in [0.2, 0.25) is 0 Å². The van der Waals surface area contributed by atoms with Crippen LogP contribution in [0, 0.1) is 0 Å². The SMILES string of the molecule is O=C(Nc1ncccc1O)c1nn(-c2ccc(Br)cc2)c2c1CCCC2. The fourth-order valence-corrected chi connectivity index (χ4v) is 3.50. The average Bonchev–Trinajstić information content (AvgIpc) is 3.04. The standard InChI is InChI=1S/C19H17BrN4O2/c20-12-7-9-13(10-8-12)24-15-5-2-1-4-14(15)17(23-24)19(26)22-18-16(25)6-3-11-21-18/h3,6-11,25H,1-2,4-5H2,(H,21,22,26). The summed E-state index contributed by atoms with van der Waals surface area (Å²) in [5, 5.41) is 17.1. The van der Waals surface area contributed by atoms with Crippen molar-refractivity contribution in [3.05, 3.63) is 64.0 Å². The molecule has 132 valence electrons. The van der Waals surface area contributed by atoms with Crippen molar-refractivity contribution in [2.24, 2.45) is 0 Å². The number of nitrogens with zero attached hydrogens (tertiary/aromatic N) is 3. The van der Waals surface area contributed by atoms with E-state index in [0.717, 1.165) is 47.1 Å². The molecule has 0 atom stereocenters. The van der Waals surface area contributed by atoms with Gasteiger partial charge in [0.1, 0.15) is 0 Å². The van der Waals surface area contributed by atoms with Gasteiger partial charge in [0, 0.05) is 21.9 Å². The molecule has 6 nitrogen and oxygen atoms in total. The van der Waals surface area contributed by atoms with Gasteiger partial charge in [0.25, 0.3) is 5.91 Å². The number of halogens is 1. The van der Waals surface area contributed by atoms with Crippen molar-refractivity contribution in [1.82, 2.24) is 14.8 Å². The van der Waals surface area contributed by atoms with E-state index in [9.17, 15) is 9.90 Å². The average molecular weight is 413 g/mol. The largest absolute Gasteiger partial charge is 0.504 e. The molecule has 0 saturated heterocycles. The molecule has 2 aromatic heterocycles. The maximum absolute atomic E-state index is 12.8. The molecule has 26 heavy (non-hydrogen) atoms. The van der Waals surface area contributed by atoms with Gasteiger partial charge in [-0.05, 0) is 62.1 Å². The van der Waals surface area contributed by atoms with E-state index in [1.165, 1.54) is 12.3 Å². The van der Waals surface area contributed by atoms with Crippen LogP contribution in [-0.2, 0) is 12.8 Å². The van der Waals surface area contributed by atoms with Gasteiger partial charge in [-0.2, -0.15) is 5.10 Å². The molecule has 4 rings (SSSR count). The van der Waals surface area contributed by atoms with E-state index in [1.54, 1.807) is 6.07 Å². The Kier molecular flexibility index (Phi) is 4.46. The van der Waals surface area contributed by atoms with E-state index in [0.29, 0.717) is 5.69 Å². The smallest absolute Gasteiger partial charge is 0.277 e. The zero-order valence-corrected chi connectivity index (χ0v) is 15.5. The number of pyridine rings is 1. The first kappa shape index (κ1) is 16.8. The number of carbonyl (C=O) groups excluding carboxylic acids is 1. The summed E-state index contributed by atoms with van der Waals surface area (Å²) < 4.78 is 2.85. The van der Waals surface area contributed by atoms with Gasteiger partial charge in [0.15, 0.2) is 17.3 Å². The Bertz CT molecular complexity index is 966. The molecule has 3 aromatic rings. The monoisotopic (exact) mass is 412 g/mol. The highest BCUT2D eigenvalue weighted by Crippen LogP contribution is 2.28. The molecular formula is C19H17BrN4O2. The number of benzene rings is 1. The van der Waals surface area contributed by atoms with E-state index >= 15 is 0 Å². The van der Waals surface area contributed by atoms with Crippen LogP contribution in [0.4, 0.5) is 5.82 Å². The van der Waals surface area contributed by atoms with Crippen molar-refractivity contribution in [1.29, 1.82) is 0 Å².